The van der Waals surface area contributed by atoms with Crippen molar-refractivity contribution in [2.75, 3.05) is 26.2 Å². The first-order valence-corrected chi connectivity index (χ1v) is 11.7. The van der Waals surface area contributed by atoms with Gasteiger partial charge in [0.15, 0.2) is 0 Å². The molecule has 166 valence electrons. The van der Waals surface area contributed by atoms with E-state index in [-0.39, 0.29) is 37.1 Å². The molecule has 2 aromatic carbocycles. The summed E-state index contributed by atoms with van der Waals surface area (Å²) in [5, 5.41) is 18.4. The van der Waals surface area contributed by atoms with Crippen LogP contribution < -0.4 is 0 Å². The Morgan fingerprint density at radius 2 is 1.45 bits per heavy atom. The number of nitrogens with zero attached hydrogens (tertiary/aromatic N) is 2. The highest BCUT2D eigenvalue weighted by Crippen LogP contribution is 2.37. The van der Waals surface area contributed by atoms with Crippen LogP contribution in [0.5, 0.6) is 0 Å². The molecule has 8 nitrogen and oxygen atoms in total. The van der Waals surface area contributed by atoms with Crippen LogP contribution in [0.2, 0.25) is 0 Å². The maximum atomic E-state index is 13.1. The van der Waals surface area contributed by atoms with Crippen molar-refractivity contribution < 1.29 is 28.2 Å². The van der Waals surface area contributed by atoms with Gasteiger partial charge in [0, 0.05) is 38.0 Å². The van der Waals surface area contributed by atoms with E-state index in [1.54, 1.807) is 41.3 Å². The number of aliphatic hydroxyl groups is 2. The van der Waals surface area contributed by atoms with E-state index in [1.165, 1.54) is 16.4 Å². The summed E-state index contributed by atoms with van der Waals surface area (Å²) in [6, 6.07) is 13.0. The van der Waals surface area contributed by atoms with Crippen LogP contribution in [0.15, 0.2) is 53.4 Å². The molecule has 0 saturated carbocycles. The molecule has 4 rings (SSSR count). The minimum Gasteiger partial charge on any atom is -0.392 e. The number of carbonyl (C=O) groups excluding carboxylic acids is 1. The van der Waals surface area contributed by atoms with Crippen LogP contribution >= 0.6 is 0 Å². The van der Waals surface area contributed by atoms with Crippen LogP contribution in [0.4, 0.5) is 0 Å². The van der Waals surface area contributed by atoms with Crippen LogP contribution in [0.1, 0.15) is 34.3 Å². The van der Waals surface area contributed by atoms with Gasteiger partial charge in [0.1, 0.15) is 5.72 Å². The minimum absolute atomic E-state index is 0.0851. The lowest BCUT2D eigenvalue weighted by Gasteiger charge is -2.43. The highest BCUT2D eigenvalue weighted by molar-refractivity contribution is 7.89. The minimum atomic E-state index is -3.66. The zero-order valence-corrected chi connectivity index (χ0v) is 17.9. The molecule has 0 atom stereocenters. The van der Waals surface area contributed by atoms with Gasteiger partial charge in [-0.05, 0) is 35.4 Å². The number of aliphatic hydroxyl groups excluding tert-OH is 2. The van der Waals surface area contributed by atoms with E-state index < -0.39 is 15.7 Å². The second-order valence-electron chi connectivity index (χ2n) is 7.81. The van der Waals surface area contributed by atoms with Gasteiger partial charge in [-0.15, -0.1) is 0 Å². The van der Waals surface area contributed by atoms with Crippen molar-refractivity contribution in [1.29, 1.82) is 0 Å². The predicted molar refractivity (Wildman–Crippen MR) is 112 cm³/mol. The summed E-state index contributed by atoms with van der Waals surface area (Å²) in [5.74, 6) is -0.155. The van der Waals surface area contributed by atoms with E-state index in [2.05, 4.69) is 0 Å². The maximum Gasteiger partial charge on any atom is 0.256 e. The predicted octanol–water partition coefficient (Wildman–Crippen LogP) is 1.32. The monoisotopic (exact) mass is 446 g/mol. The van der Waals surface area contributed by atoms with Gasteiger partial charge < -0.3 is 19.8 Å². The van der Waals surface area contributed by atoms with Gasteiger partial charge in [-0.3, -0.25) is 4.79 Å². The fraction of sp³-hybridized carbons (Fsp3) is 0.409. The summed E-state index contributed by atoms with van der Waals surface area (Å²) in [4.78, 5) is 15.0. The maximum absolute atomic E-state index is 13.1. The van der Waals surface area contributed by atoms with Crippen LogP contribution in [0, 0.1) is 0 Å². The Bertz CT molecular complexity index is 1030. The van der Waals surface area contributed by atoms with Crippen molar-refractivity contribution in [3.05, 3.63) is 65.2 Å². The molecule has 9 heteroatoms. The highest BCUT2D eigenvalue weighted by Gasteiger charge is 2.48. The third-order valence-corrected chi connectivity index (χ3v) is 7.97. The van der Waals surface area contributed by atoms with Gasteiger partial charge in [0.25, 0.3) is 5.91 Å². The lowest BCUT2D eigenvalue weighted by Crippen LogP contribution is -2.55. The molecule has 2 N–H and O–H groups in total. The molecule has 31 heavy (non-hydrogen) atoms. The van der Waals surface area contributed by atoms with E-state index in [0.717, 1.165) is 5.56 Å². The number of benzene rings is 2. The summed E-state index contributed by atoms with van der Waals surface area (Å²) in [6.45, 7) is 1.13. The molecule has 0 aromatic heterocycles. The summed E-state index contributed by atoms with van der Waals surface area (Å²) >= 11 is 0. The summed E-state index contributed by atoms with van der Waals surface area (Å²) < 4.78 is 33.4. The highest BCUT2D eigenvalue weighted by atomic mass is 32.2. The van der Waals surface area contributed by atoms with Crippen molar-refractivity contribution in [2.24, 2.45) is 0 Å². The quantitative estimate of drug-likeness (QED) is 0.718. The number of rotatable bonds is 5. The number of ether oxygens (including phenoxy) is 1. The fourth-order valence-electron chi connectivity index (χ4n) is 4.21. The lowest BCUT2D eigenvalue weighted by molar-refractivity contribution is -0.0962. The van der Waals surface area contributed by atoms with Crippen molar-refractivity contribution in [3.8, 4) is 0 Å². The Morgan fingerprint density at radius 1 is 0.903 bits per heavy atom. The van der Waals surface area contributed by atoms with E-state index in [1.807, 2.05) is 0 Å². The zero-order chi connectivity index (χ0) is 22.1. The average Bonchev–Trinajstić information content (AvgIpc) is 3.21. The third kappa shape index (κ3) is 4.11. The normalized spacial score (nSPS) is 19.1. The number of amides is 1. The van der Waals surface area contributed by atoms with Crippen LogP contribution in [0.25, 0.3) is 0 Å². The van der Waals surface area contributed by atoms with Gasteiger partial charge in [0.2, 0.25) is 10.0 Å². The SMILES string of the molecule is O=C(c1ccc(CO)cc1)N1CCOC12CCN(S(=O)(=O)c1ccc(CO)cc1)CC2. The molecule has 0 radical (unpaired) electrons. The standard InChI is InChI=1S/C22H26N2O6S/c25-15-17-1-5-19(6-2-17)21(27)24-13-14-30-22(24)9-11-23(12-10-22)31(28,29)20-7-3-18(16-26)4-8-20/h1-8,25-26H,9-16H2. The first-order chi connectivity index (χ1) is 14.9. The number of sulfonamides is 1. The third-order valence-electron chi connectivity index (χ3n) is 6.05. The number of hydrogen-bond donors (Lipinski definition) is 2. The molecule has 1 spiro atoms. The second kappa shape index (κ2) is 8.68. The van der Waals surface area contributed by atoms with Crippen LogP contribution in [-0.4, -0.2) is 65.7 Å². The molecule has 0 unspecified atom stereocenters. The Kier molecular flexibility index (Phi) is 6.14. The Morgan fingerprint density at radius 3 is 2.00 bits per heavy atom. The smallest absolute Gasteiger partial charge is 0.256 e. The second-order valence-corrected chi connectivity index (χ2v) is 9.75. The number of piperidine rings is 1. The van der Waals surface area contributed by atoms with E-state index in [9.17, 15) is 18.3 Å². The number of carbonyl (C=O) groups is 1. The van der Waals surface area contributed by atoms with Crippen molar-refractivity contribution >= 4 is 15.9 Å². The molecule has 2 aromatic rings. The van der Waals surface area contributed by atoms with Crippen LogP contribution in [-0.2, 0) is 28.0 Å². The molecule has 2 aliphatic heterocycles. The van der Waals surface area contributed by atoms with Crippen molar-refractivity contribution in [3.63, 3.8) is 0 Å². The molecular weight excluding hydrogens is 420 g/mol. The van der Waals surface area contributed by atoms with Crippen LogP contribution in [0.3, 0.4) is 0 Å². The van der Waals surface area contributed by atoms with Gasteiger partial charge >= 0.3 is 0 Å². The molecule has 1 amide bonds. The number of hydrogen-bond acceptors (Lipinski definition) is 6. The summed E-state index contributed by atoms with van der Waals surface area (Å²) in [5.41, 5.74) is 1.09. The van der Waals surface area contributed by atoms with E-state index in [4.69, 9.17) is 9.84 Å². The molecular formula is C22H26N2O6S. The topological polar surface area (TPSA) is 107 Å². The molecule has 2 heterocycles. The van der Waals surface area contributed by atoms with Gasteiger partial charge in [-0.1, -0.05) is 24.3 Å². The Balaban J connectivity index is 1.48. The van der Waals surface area contributed by atoms with Gasteiger partial charge in [-0.25, -0.2) is 8.42 Å². The van der Waals surface area contributed by atoms with Crippen molar-refractivity contribution in [1.82, 2.24) is 9.21 Å². The van der Waals surface area contributed by atoms with Gasteiger partial charge in [-0.2, -0.15) is 4.31 Å². The molecule has 2 saturated heterocycles. The molecule has 2 fully saturated rings. The Labute approximate surface area is 181 Å². The lowest BCUT2D eigenvalue weighted by atomic mass is 9.99. The molecule has 0 aliphatic carbocycles. The first-order valence-electron chi connectivity index (χ1n) is 10.3. The zero-order valence-electron chi connectivity index (χ0n) is 17.1. The summed E-state index contributed by atoms with van der Waals surface area (Å²) in [7, 11) is -3.66. The average molecular weight is 447 g/mol. The molecule has 2 aliphatic rings. The van der Waals surface area contributed by atoms with E-state index >= 15 is 0 Å². The largest absolute Gasteiger partial charge is 0.392 e. The fourth-order valence-corrected chi connectivity index (χ4v) is 5.65. The Hall–Kier alpha value is -2.30. The van der Waals surface area contributed by atoms with Gasteiger partial charge in [0.05, 0.1) is 24.7 Å². The van der Waals surface area contributed by atoms with Crippen molar-refractivity contribution in [2.45, 2.75) is 36.7 Å². The molecule has 0 bridgehead atoms. The first kappa shape index (κ1) is 21.9. The summed E-state index contributed by atoms with van der Waals surface area (Å²) in [6.07, 6.45) is 0.781. The van der Waals surface area contributed by atoms with E-state index in [0.29, 0.717) is 37.1 Å².